The largest absolute Gasteiger partial charge is 0.444 e. The summed E-state index contributed by atoms with van der Waals surface area (Å²) in [6.07, 6.45) is 3.53. The van der Waals surface area contributed by atoms with Crippen LogP contribution in [0, 0.1) is 11.8 Å². The molecule has 0 saturated carbocycles. The molecule has 4 N–H and O–H groups in total. The molecule has 0 radical (unpaired) electrons. The summed E-state index contributed by atoms with van der Waals surface area (Å²) in [7, 11) is 0. The Bertz CT molecular complexity index is 1170. The van der Waals surface area contributed by atoms with Gasteiger partial charge in [0.1, 0.15) is 11.4 Å². The van der Waals surface area contributed by atoms with E-state index in [0.29, 0.717) is 24.6 Å². The molecule has 2 aromatic carbocycles. The molecule has 8 nitrogen and oxygen atoms in total. The number of hydrogen-bond donors (Lipinski definition) is 4. The van der Waals surface area contributed by atoms with E-state index in [0.717, 1.165) is 17.5 Å². The zero-order valence-electron chi connectivity index (χ0n) is 24.7. The van der Waals surface area contributed by atoms with Crippen LogP contribution in [0.3, 0.4) is 0 Å². The summed E-state index contributed by atoms with van der Waals surface area (Å²) in [6, 6.07) is 18.5. The fourth-order valence-corrected chi connectivity index (χ4v) is 4.72. The van der Waals surface area contributed by atoms with Gasteiger partial charge < -0.3 is 25.5 Å². The fraction of sp³-hybridized carbons (Fsp3) is 0.469. The van der Waals surface area contributed by atoms with E-state index in [1.807, 2.05) is 60.7 Å². The number of benzene rings is 2. The Labute approximate surface area is 250 Å². The van der Waals surface area contributed by atoms with E-state index in [1.165, 1.54) is 0 Å². The predicted molar refractivity (Wildman–Crippen MR) is 164 cm³/mol. The second-order valence-corrected chi connectivity index (χ2v) is 11.8. The van der Waals surface area contributed by atoms with Gasteiger partial charge in [-0.15, -0.1) is 12.4 Å². The van der Waals surface area contributed by atoms with E-state index in [9.17, 15) is 14.7 Å². The highest BCUT2D eigenvalue weighted by Crippen LogP contribution is 2.23. The molecule has 41 heavy (non-hydrogen) atoms. The number of amides is 2. The van der Waals surface area contributed by atoms with Crippen molar-refractivity contribution in [2.24, 2.45) is 11.8 Å². The highest BCUT2D eigenvalue weighted by atomic mass is 35.5. The molecule has 0 aliphatic rings. The third kappa shape index (κ3) is 12.0. The lowest BCUT2D eigenvalue weighted by Gasteiger charge is -2.29. The number of imidazole rings is 1. The molecule has 1 heterocycles. The number of carbonyl (C=O) groups is 2. The lowest BCUT2D eigenvalue weighted by atomic mass is 9.88. The summed E-state index contributed by atoms with van der Waals surface area (Å²) in [4.78, 5) is 34.0. The lowest BCUT2D eigenvalue weighted by molar-refractivity contribution is -0.127. The number of halogens is 1. The summed E-state index contributed by atoms with van der Waals surface area (Å²) in [5.41, 5.74) is 1.27. The first-order chi connectivity index (χ1) is 19.0. The molecule has 0 bridgehead atoms. The number of H-pyrrole nitrogens is 1. The van der Waals surface area contributed by atoms with Crippen molar-refractivity contribution >= 4 is 24.4 Å². The SMILES string of the molecule is CC(C)C[C@H](NC(=O)[C@H](Cc1ccccc1)C[C@H](O)[C@H](Cc1ccccc1)NC(=O)OC(C)(C)C)c1ncc[nH]1.Cl. The minimum Gasteiger partial charge on any atom is -0.444 e. The first-order valence-corrected chi connectivity index (χ1v) is 14.0. The molecule has 2 amide bonds. The second kappa shape index (κ2) is 16.2. The summed E-state index contributed by atoms with van der Waals surface area (Å²) in [6.45, 7) is 9.58. The number of ether oxygens (including phenoxy) is 1. The first kappa shape index (κ1) is 33.8. The quantitative estimate of drug-likeness (QED) is 0.203. The standard InChI is InChI=1S/C32H44N4O4.ClH/c1-22(2)18-27(29-33-16-17-34-29)35-30(38)25(19-23-12-8-6-9-13-23)21-28(37)26(20-24-14-10-7-11-15-24)36-31(39)40-32(3,4)5;/h6-17,22,25-28,37H,18-21H2,1-5H3,(H,33,34)(H,35,38)(H,36,39);1H/t25-,26+,27+,28+;/m1./s1. The Kier molecular flexibility index (Phi) is 13.4. The second-order valence-electron chi connectivity index (χ2n) is 11.8. The van der Waals surface area contributed by atoms with Crippen molar-refractivity contribution in [3.8, 4) is 0 Å². The Morgan fingerprint density at radius 1 is 0.927 bits per heavy atom. The molecule has 224 valence electrons. The van der Waals surface area contributed by atoms with Crippen LogP contribution in [0.25, 0.3) is 0 Å². The monoisotopic (exact) mass is 584 g/mol. The van der Waals surface area contributed by atoms with Crippen molar-refractivity contribution in [2.45, 2.75) is 84.1 Å². The van der Waals surface area contributed by atoms with E-state index >= 15 is 0 Å². The molecule has 0 aliphatic carbocycles. The summed E-state index contributed by atoms with van der Waals surface area (Å²) in [5.74, 6) is 0.331. The first-order valence-electron chi connectivity index (χ1n) is 14.0. The van der Waals surface area contributed by atoms with Gasteiger partial charge >= 0.3 is 6.09 Å². The number of alkyl carbamates (subject to hydrolysis) is 1. The number of aromatic nitrogens is 2. The van der Waals surface area contributed by atoms with Crippen LogP contribution < -0.4 is 10.6 Å². The van der Waals surface area contributed by atoms with Crippen molar-refractivity contribution in [3.05, 3.63) is 90.0 Å². The van der Waals surface area contributed by atoms with Crippen molar-refractivity contribution < 1.29 is 19.4 Å². The molecule has 9 heteroatoms. The van der Waals surface area contributed by atoms with Crippen LogP contribution in [0.5, 0.6) is 0 Å². The molecule has 0 saturated heterocycles. The smallest absolute Gasteiger partial charge is 0.407 e. The highest BCUT2D eigenvalue weighted by Gasteiger charge is 2.31. The molecule has 4 atom stereocenters. The number of carbonyl (C=O) groups excluding carboxylic acids is 2. The van der Waals surface area contributed by atoms with Crippen molar-refractivity contribution in [1.82, 2.24) is 20.6 Å². The maximum Gasteiger partial charge on any atom is 0.407 e. The number of hydrogen-bond acceptors (Lipinski definition) is 5. The molecule has 0 fully saturated rings. The Balaban J connectivity index is 0.00000588. The van der Waals surface area contributed by atoms with E-state index in [4.69, 9.17) is 4.74 Å². The van der Waals surface area contributed by atoms with E-state index in [2.05, 4.69) is 34.4 Å². The Morgan fingerprint density at radius 2 is 1.51 bits per heavy atom. The number of aliphatic hydroxyl groups is 1. The fourth-order valence-electron chi connectivity index (χ4n) is 4.72. The molecular formula is C32H45ClN4O4. The number of nitrogens with one attached hydrogen (secondary N) is 3. The zero-order chi connectivity index (χ0) is 29.1. The number of nitrogens with zero attached hydrogens (tertiary/aromatic N) is 1. The van der Waals surface area contributed by atoms with Crippen molar-refractivity contribution in [1.29, 1.82) is 0 Å². The minimum atomic E-state index is -1.00. The van der Waals surface area contributed by atoms with Crippen molar-refractivity contribution in [3.63, 3.8) is 0 Å². The average Bonchev–Trinajstić information content (AvgIpc) is 3.42. The summed E-state index contributed by atoms with van der Waals surface area (Å²) in [5, 5.41) is 17.6. The number of aromatic amines is 1. The van der Waals surface area contributed by atoms with Gasteiger partial charge in [-0.2, -0.15) is 0 Å². The normalized spacial score (nSPS) is 14.3. The number of aliphatic hydroxyl groups excluding tert-OH is 1. The van der Waals surface area contributed by atoms with Crippen LogP contribution in [0.15, 0.2) is 73.1 Å². The van der Waals surface area contributed by atoms with Gasteiger partial charge in [-0.1, -0.05) is 74.5 Å². The van der Waals surface area contributed by atoms with Crippen LogP contribution >= 0.6 is 12.4 Å². The molecule has 0 aliphatic heterocycles. The van der Waals surface area contributed by atoms with E-state index < -0.39 is 29.8 Å². The lowest BCUT2D eigenvalue weighted by Crippen LogP contribution is -2.48. The third-order valence-corrected chi connectivity index (χ3v) is 6.56. The van der Waals surface area contributed by atoms with Crippen LogP contribution in [0.1, 0.15) is 70.5 Å². The van der Waals surface area contributed by atoms with Gasteiger partial charge in [0.15, 0.2) is 0 Å². The topological polar surface area (TPSA) is 116 Å². The van der Waals surface area contributed by atoms with Crippen LogP contribution in [0.4, 0.5) is 4.79 Å². The Hall–Kier alpha value is -3.36. The Morgan fingerprint density at radius 3 is 2.02 bits per heavy atom. The molecule has 3 aromatic rings. The van der Waals surface area contributed by atoms with Crippen LogP contribution in [-0.4, -0.2) is 44.8 Å². The van der Waals surface area contributed by atoms with E-state index in [1.54, 1.807) is 33.2 Å². The van der Waals surface area contributed by atoms with Crippen LogP contribution in [0.2, 0.25) is 0 Å². The van der Waals surface area contributed by atoms with E-state index in [-0.39, 0.29) is 30.8 Å². The molecule has 1 aromatic heterocycles. The molecular weight excluding hydrogens is 540 g/mol. The van der Waals surface area contributed by atoms with Gasteiger partial charge in [0.25, 0.3) is 0 Å². The molecule has 0 unspecified atom stereocenters. The van der Waals surface area contributed by atoms with Crippen LogP contribution in [-0.2, 0) is 22.4 Å². The molecule has 0 spiro atoms. The van der Waals surface area contributed by atoms with Gasteiger partial charge in [0.05, 0.1) is 18.2 Å². The minimum absolute atomic E-state index is 0. The summed E-state index contributed by atoms with van der Waals surface area (Å²) >= 11 is 0. The zero-order valence-corrected chi connectivity index (χ0v) is 25.5. The molecule has 3 rings (SSSR count). The van der Waals surface area contributed by atoms with Gasteiger partial charge in [-0.3, -0.25) is 4.79 Å². The third-order valence-electron chi connectivity index (χ3n) is 6.56. The maximum absolute atomic E-state index is 13.8. The number of rotatable bonds is 13. The van der Waals surface area contributed by atoms with Crippen molar-refractivity contribution in [2.75, 3.05) is 0 Å². The van der Waals surface area contributed by atoms with Gasteiger partial charge in [-0.05, 0) is 63.5 Å². The van der Waals surface area contributed by atoms with Gasteiger partial charge in [0.2, 0.25) is 5.91 Å². The highest BCUT2D eigenvalue weighted by molar-refractivity contribution is 5.85. The average molecular weight is 585 g/mol. The van der Waals surface area contributed by atoms with Gasteiger partial charge in [-0.25, -0.2) is 9.78 Å². The van der Waals surface area contributed by atoms with Gasteiger partial charge in [0, 0.05) is 18.3 Å². The maximum atomic E-state index is 13.8. The summed E-state index contributed by atoms with van der Waals surface area (Å²) < 4.78 is 5.48. The predicted octanol–water partition coefficient (Wildman–Crippen LogP) is 5.78.